The standard InChI is InChI=1S/C8H9ClN2O2/c9-5-1-2-6(11-4-5)3-7(10)8(12)13/h1-2,4,7H,3,10H2,(H,12,13)/t7-/m1/s1. The summed E-state index contributed by atoms with van der Waals surface area (Å²) in [7, 11) is 0. The average molecular weight is 201 g/mol. The van der Waals surface area contributed by atoms with E-state index in [9.17, 15) is 4.79 Å². The van der Waals surface area contributed by atoms with Crippen LogP contribution in [0.15, 0.2) is 18.3 Å². The van der Waals surface area contributed by atoms with Gasteiger partial charge in [-0.1, -0.05) is 11.6 Å². The number of hydrogen-bond donors (Lipinski definition) is 2. The van der Waals surface area contributed by atoms with E-state index in [0.29, 0.717) is 10.7 Å². The van der Waals surface area contributed by atoms with Gasteiger partial charge in [0.15, 0.2) is 0 Å². The lowest BCUT2D eigenvalue weighted by Gasteiger charge is -2.04. The topological polar surface area (TPSA) is 76.2 Å². The number of hydrogen-bond acceptors (Lipinski definition) is 3. The molecule has 4 nitrogen and oxygen atoms in total. The van der Waals surface area contributed by atoms with Crippen LogP contribution < -0.4 is 5.73 Å². The Bertz CT molecular complexity index is 300. The molecule has 13 heavy (non-hydrogen) atoms. The van der Waals surface area contributed by atoms with Crippen molar-refractivity contribution in [2.24, 2.45) is 5.73 Å². The number of pyridine rings is 1. The molecule has 0 amide bonds. The third kappa shape index (κ3) is 3.01. The van der Waals surface area contributed by atoms with Crippen LogP contribution in [0.2, 0.25) is 5.02 Å². The molecule has 0 saturated heterocycles. The summed E-state index contributed by atoms with van der Waals surface area (Å²) in [5, 5.41) is 9.04. The molecule has 0 unspecified atom stereocenters. The highest BCUT2D eigenvalue weighted by Crippen LogP contribution is 2.07. The Labute approximate surface area is 80.3 Å². The summed E-state index contributed by atoms with van der Waals surface area (Å²) in [5.41, 5.74) is 5.94. The van der Waals surface area contributed by atoms with Crippen molar-refractivity contribution in [3.05, 3.63) is 29.0 Å². The molecule has 0 spiro atoms. The van der Waals surface area contributed by atoms with Crippen molar-refractivity contribution in [2.75, 3.05) is 0 Å². The average Bonchev–Trinajstić information content (AvgIpc) is 2.08. The van der Waals surface area contributed by atoms with Gasteiger partial charge in [0.05, 0.1) is 5.02 Å². The highest BCUT2D eigenvalue weighted by molar-refractivity contribution is 6.30. The molecule has 1 aromatic heterocycles. The van der Waals surface area contributed by atoms with Crippen LogP contribution in [0.5, 0.6) is 0 Å². The fourth-order valence-electron chi connectivity index (χ4n) is 0.840. The second kappa shape index (κ2) is 4.20. The molecule has 5 heteroatoms. The number of aromatic nitrogens is 1. The van der Waals surface area contributed by atoms with Gasteiger partial charge in [-0.3, -0.25) is 9.78 Å². The van der Waals surface area contributed by atoms with E-state index in [1.807, 2.05) is 0 Å². The van der Waals surface area contributed by atoms with Gasteiger partial charge in [0, 0.05) is 18.3 Å². The summed E-state index contributed by atoms with van der Waals surface area (Å²) in [4.78, 5) is 14.3. The lowest BCUT2D eigenvalue weighted by molar-refractivity contribution is -0.138. The highest BCUT2D eigenvalue weighted by Gasteiger charge is 2.12. The van der Waals surface area contributed by atoms with E-state index in [1.54, 1.807) is 12.1 Å². The quantitative estimate of drug-likeness (QED) is 0.753. The fourth-order valence-corrected chi connectivity index (χ4v) is 0.952. The molecule has 1 aromatic rings. The van der Waals surface area contributed by atoms with Gasteiger partial charge < -0.3 is 10.8 Å². The predicted octanol–water partition coefficient (Wildman–Crippen LogP) is 0.689. The van der Waals surface area contributed by atoms with Crippen LogP contribution >= 0.6 is 11.6 Å². The largest absolute Gasteiger partial charge is 0.480 e. The van der Waals surface area contributed by atoms with Crippen molar-refractivity contribution >= 4 is 17.6 Å². The molecular formula is C8H9ClN2O2. The maximum atomic E-state index is 10.4. The molecule has 0 aromatic carbocycles. The number of aliphatic carboxylic acids is 1. The van der Waals surface area contributed by atoms with Gasteiger partial charge in [-0.25, -0.2) is 0 Å². The molecule has 1 atom stereocenters. The normalized spacial score (nSPS) is 12.5. The number of carbonyl (C=O) groups is 1. The Morgan fingerprint density at radius 3 is 2.85 bits per heavy atom. The van der Waals surface area contributed by atoms with Crippen molar-refractivity contribution in [1.29, 1.82) is 0 Å². The van der Waals surface area contributed by atoms with Gasteiger partial charge in [-0.2, -0.15) is 0 Å². The van der Waals surface area contributed by atoms with Crippen molar-refractivity contribution in [3.63, 3.8) is 0 Å². The van der Waals surface area contributed by atoms with Gasteiger partial charge in [0.25, 0.3) is 0 Å². The zero-order valence-corrected chi connectivity index (χ0v) is 7.53. The van der Waals surface area contributed by atoms with Crippen LogP contribution in [-0.2, 0) is 11.2 Å². The minimum Gasteiger partial charge on any atom is -0.480 e. The molecular weight excluding hydrogens is 192 g/mol. The van der Waals surface area contributed by atoms with Crippen LogP contribution in [0, 0.1) is 0 Å². The Hall–Kier alpha value is -1.13. The second-order valence-electron chi connectivity index (χ2n) is 2.62. The summed E-state index contributed by atoms with van der Waals surface area (Å²) < 4.78 is 0. The molecule has 0 fully saturated rings. The molecule has 0 bridgehead atoms. The summed E-state index contributed by atoms with van der Waals surface area (Å²) in [5.74, 6) is -1.03. The van der Waals surface area contributed by atoms with Crippen molar-refractivity contribution in [2.45, 2.75) is 12.5 Å². The lowest BCUT2D eigenvalue weighted by atomic mass is 10.1. The minimum absolute atomic E-state index is 0.215. The van der Waals surface area contributed by atoms with Gasteiger partial charge >= 0.3 is 5.97 Å². The van der Waals surface area contributed by atoms with Gasteiger partial charge in [-0.15, -0.1) is 0 Å². The van der Waals surface area contributed by atoms with Gasteiger partial charge in [0.2, 0.25) is 0 Å². The SMILES string of the molecule is N[C@H](Cc1ccc(Cl)cn1)C(=O)O. The monoisotopic (exact) mass is 200 g/mol. The van der Waals surface area contributed by atoms with Crippen molar-refractivity contribution in [1.82, 2.24) is 4.98 Å². The molecule has 0 aliphatic rings. The zero-order chi connectivity index (χ0) is 9.84. The van der Waals surface area contributed by atoms with E-state index in [-0.39, 0.29) is 6.42 Å². The molecule has 0 saturated carbocycles. The van der Waals surface area contributed by atoms with E-state index in [0.717, 1.165) is 0 Å². The molecule has 3 N–H and O–H groups in total. The third-order valence-corrected chi connectivity index (χ3v) is 1.76. The number of nitrogens with zero attached hydrogens (tertiary/aromatic N) is 1. The van der Waals surface area contributed by atoms with Crippen LogP contribution in [0.1, 0.15) is 5.69 Å². The molecule has 70 valence electrons. The molecule has 0 aliphatic carbocycles. The lowest BCUT2D eigenvalue weighted by Crippen LogP contribution is -2.32. The van der Waals surface area contributed by atoms with Crippen molar-refractivity contribution < 1.29 is 9.90 Å². The first-order valence-corrected chi connectivity index (χ1v) is 4.06. The molecule has 1 heterocycles. The van der Waals surface area contributed by atoms with Gasteiger partial charge in [0.1, 0.15) is 6.04 Å². The maximum Gasteiger partial charge on any atom is 0.320 e. The number of rotatable bonds is 3. The van der Waals surface area contributed by atoms with Gasteiger partial charge in [-0.05, 0) is 12.1 Å². The third-order valence-electron chi connectivity index (χ3n) is 1.53. The van der Waals surface area contributed by atoms with E-state index in [2.05, 4.69) is 4.98 Å². The van der Waals surface area contributed by atoms with Crippen LogP contribution in [0.25, 0.3) is 0 Å². The van der Waals surface area contributed by atoms with E-state index in [1.165, 1.54) is 6.20 Å². The van der Waals surface area contributed by atoms with E-state index >= 15 is 0 Å². The van der Waals surface area contributed by atoms with Crippen LogP contribution in [0.4, 0.5) is 0 Å². The molecule has 0 radical (unpaired) electrons. The minimum atomic E-state index is -1.03. The fraction of sp³-hybridized carbons (Fsp3) is 0.250. The number of carboxylic acids is 1. The summed E-state index contributed by atoms with van der Waals surface area (Å²) in [6, 6.07) is 2.40. The smallest absolute Gasteiger partial charge is 0.320 e. The van der Waals surface area contributed by atoms with Crippen molar-refractivity contribution in [3.8, 4) is 0 Å². The van der Waals surface area contributed by atoms with E-state index in [4.69, 9.17) is 22.4 Å². The summed E-state index contributed by atoms with van der Waals surface area (Å²) in [6.45, 7) is 0. The number of halogens is 1. The Balaban J connectivity index is 2.64. The Kier molecular flexibility index (Phi) is 3.22. The second-order valence-corrected chi connectivity index (χ2v) is 3.05. The first-order valence-electron chi connectivity index (χ1n) is 3.68. The first kappa shape index (κ1) is 9.95. The predicted molar refractivity (Wildman–Crippen MR) is 48.6 cm³/mol. The number of carboxylic acid groups (broad SMARTS) is 1. The Morgan fingerprint density at radius 2 is 2.38 bits per heavy atom. The first-order chi connectivity index (χ1) is 6.09. The Morgan fingerprint density at radius 1 is 1.69 bits per heavy atom. The molecule has 0 aliphatic heterocycles. The molecule has 1 rings (SSSR count). The zero-order valence-electron chi connectivity index (χ0n) is 6.77. The summed E-state index contributed by atoms with van der Waals surface area (Å²) in [6.07, 6.45) is 1.68. The summed E-state index contributed by atoms with van der Waals surface area (Å²) >= 11 is 5.60. The maximum absolute atomic E-state index is 10.4. The van der Waals surface area contributed by atoms with Crippen LogP contribution in [0.3, 0.4) is 0 Å². The van der Waals surface area contributed by atoms with E-state index < -0.39 is 12.0 Å². The highest BCUT2D eigenvalue weighted by atomic mass is 35.5. The van der Waals surface area contributed by atoms with Crippen LogP contribution in [-0.4, -0.2) is 22.1 Å². The number of nitrogens with two attached hydrogens (primary N) is 1.